The number of hydrogen-bond acceptors (Lipinski definition) is 7. The number of benzene rings is 13. The highest BCUT2D eigenvalue weighted by Gasteiger charge is 2.20. The third kappa shape index (κ3) is 12.5. The second kappa shape index (κ2) is 28.3. The Hall–Kier alpha value is -14.5. The number of fused-ring (bicyclic) bond motifs is 9. The molecule has 20 aromatic rings. The van der Waals surface area contributed by atoms with Gasteiger partial charge in [0.1, 0.15) is 0 Å². The molecule has 7 heterocycles. The monoisotopic (exact) mass is 1380 g/mol. The van der Waals surface area contributed by atoms with Gasteiger partial charge in [-0.1, -0.05) is 309 Å². The van der Waals surface area contributed by atoms with Gasteiger partial charge in [-0.2, -0.15) is 0 Å². The van der Waals surface area contributed by atoms with E-state index in [0.29, 0.717) is 0 Å². The van der Waals surface area contributed by atoms with Crippen molar-refractivity contribution in [2.75, 3.05) is 0 Å². The first-order valence-electron chi connectivity index (χ1n) is 36.4. The fourth-order valence-corrected chi connectivity index (χ4v) is 15.1. The number of pyridine rings is 7. The Morgan fingerprint density at radius 2 is 0.519 bits per heavy atom. The largest absolute Gasteiger partial charge is 0.255 e. The first-order valence-corrected chi connectivity index (χ1v) is 36.4. The van der Waals surface area contributed by atoms with Gasteiger partial charge in [-0.25, -0.2) is 24.9 Å². The lowest BCUT2D eigenvalue weighted by molar-refractivity contribution is 1.22. The molecule has 0 saturated carbocycles. The standard InChI is InChI=1S/C52H34N4.C49H31N3/c1-3-13-37(14-4-1)43-19-12-20-45-51(43)44-28-27-41(32-48(44)56-52(45)38-15-5-2-6-16-38)36-25-23-35(24-26-36)39-17-11-18-40(31-39)42-33-49(46-21-7-9-29-53-46)55-50(34-42)47-22-8-10-30-54-47;1-4-12-32(13-5-1)40-20-11-21-42-46(40)41-27-24-38(31-45(41)52-47(42)34-16-8-3-9-17-34)37-18-10-19-39(30-37)44-29-26-36-23-22-35-25-28-43(33-14-6-2-7-15-33)50-48(35)49(36)51-44/h1-34H;1-31H. The lowest BCUT2D eigenvalue weighted by Crippen LogP contribution is -1.94. The van der Waals surface area contributed by atoms with Crippen LogP contribution in [-0.2, 0) is 0 Å². The average Bonchev–Trinajstić information content (AvgIpc) is 0.747. The number of aromatic nitrogens is 7. The predicted octanol–water partition coefficient (Wildman–Crippen LogP) is 26.1. The SMILES string of the molecule is c1ccc(-c2ccc3ccc4ccc(-c5cccc(-c6ccc7c(c6)nc(-c6ccccc6)c6cccc(-c8ccccc8)c67)c5)nc4c3n2)cc1.c1ccc(-c2nc3cc(-c4ccc(-c5cccc(-c6cc(-c7ccccn7)nc(-c7ccccn7)c6)c5)cc4)ccc3c3c(-c4ccccc4)cccc23)cc1. The Morgan fingerprint density at radius 3 is 0.981 bits per heavy atom. The molecular formula is C101H65N7. The summed E-state index contributed by atoms with van der Waals surface area (Å²) in [5.41, 5.74) is 28.9. The van der Waals surface area contributed by atoms with Crippen LogP contribution in [-0.4, -0.2) is 34.9 Å². The Kier molecular flexibility index (Phi) is 16.8. The maximum Gasteiger partial charge on any atom is 0.0972 e. The van der Waals surface area contributed by atoms with Crippen molar-refractivity contribution in [2.45, 2.75) is 0 Å². The van der Waals surface area contributed by atoms with Crippen LogP contribution >= 0.6 is 0 Å². The first kappa shape index (κ1) is 64.3. The minimum absolute atomic E-state index is 0.809. The molecule has 0 spiro atoms. The Morgan fingerprint density at radius 1 is 0.167 bits per heavy atom. The maximum atomic E-state index is 5.35. The quantitative estimate of drug-likeness (QED) is 0.113. The molecule has 0 aliphatic rings. The molecule has 504 valence electrons. The van der Waals surface area contributed by atoms with Crippen molar-refractivity contribution >= 4 is 65.2 Å². The Bertz CT molecular complexity index is 6690. The minimum Gasteiger partial charge on any atom is -0.255 e. The van der Waals surface area contributed by atoms with E-state index in [0.717, 1.165) is 167 Å². The summed E-state index contributed by atoms with van der Waals surface area (Å²) in [6.07, 6.45) is 3.60. The molecule has 0 radical (unpaired) electrons. The third-order valence-electron chi connectivity index (χ3n) is 20.4. The second-order valence-electron chi connectivity index (χ2n) is 27.1. The molecule has 0 fully saturated rings. The van der Waals surface area contributed by atoms with Gasteiger partial charge in [0.2, 0.25) is 0 Å². The van der Waals surface area contributed by atoms with Crippen molar-refractivity contribution in [1.82, 2.24) is 34.9 Å². The van der Waals surface area contributed by atoms with Crippen LogP contribution in [0.15, 0.2) is 395 Å². The zero-order chi connectivity index (χ0) is 71.7. The normalized spacial score (nSPS) is 11.3. The molecule has 0 atom stereocenters. The molecule has 0 aliphatic heterocycles. The fourth-order valence-electron chi connectivity index (χ4n) is 15.1. The van der Waals surface area contributed by atoms with Crippen LogP contribution in [0.1, 0.15) is 0 Å². The molecular weight excluding hydrogens is 1310 g/mol. The fraction of sp³-hybridized carbons (Fsp3) is 0. The van der Waals surface area contributed by atoms with Crippen LogP contribution in [0.2, 0.25) is 0 Å². The summed E-state index contributed by atoms with van der Waals surface area (Å²) in [5, 5.41) is 9.16. The van der Waals surface area contributed by atoms with Crippen molar-refractivity contribution in [3.63, 3.8) is 0 Å². The van der Waals surface area contributed by atoms with Crippen LogP contribution in [0.4, 0.5) is 0 Å². The molecule has 0 saturated heterocycles. The minimum atomic E-state index is 0.809. The number of hydrogen-bond donors (Lipinski definition) is 0. The van der Waals surface area contributed by atoms with E-state index >= 15 is 0 Å². The summed E-state index contributed by atoms with van der Waals surface area (Å²) in [6.45, 7) is 0. The van der Waals surface area contributed by atoms with E-state index in [-0.39, 0.29) is 0 Å². The van der Waals surface area contributed by atoms with E-state index in [1.54, 1.807) is 12.4 Å². The van der Waals surface area contributed by atoms with Crippen molar-refractivity contribution < 1.29 is 0 Å². The maximum absolute atomic E-state index is 5.35. The van der Waals surface area contributed by atoms with Gasteiger partial charge in [0.15, 0.2) is 0 Å². The molecule has 0 N–H and O–H groups in total. The summed E-state index contributed by atoms with van der Waals surface area (Å²) in [6, 6.07) is 134. The van der Waals surface area contributed by atoms with E-state index in [1.807, 2.05) is 54.6 Å². The van der Waals surface area contributed by atoms with Crippen LogP contribution in [0.5, 0.6) is 0 Å². The zero-order valence-electron chi connectivity index (χ0n) is 58.7. The van der Waals surface area contributed by atoms with Crippen molar-refractivity contribution in [2.24, 2.45) is 0 Å². The van der Waals surface area contributed by atoms with E-state index in [2.05, 4.69) is 338 Å². The smallest absolute Gasteiger partial charge is 0.0972 e. The molecule has 108 heavy (non-hydrogen) atoms. The number of rotatable bonds is 12. The highest BCUT2D eigenvalue weighted by atomic mass is 14.8. The first-order chi connectivity index (χ1) is 53.5. The highest BCUT2D eigenvalue weighted by Crippen LogP contribution is 2.43. The zero-order valence-corrected chi connectivity index (χ0v) is 58.7. The lowest BCUT2D eigenvalue weighted by Gasteiger charge is -2.15. The van der Waals surface area contributed by atoms with Crippen molar-refractivity contribution in [3.05, 3.63) is 395 Å². The van der Waals surface area contributed by atoms with Gasteiger partial charge in [0.05, 0.1) is 67.6 Å². The van der Waals surface area contributed by atoms with Gasteiger partial charge in [-0.3, -0.25) is 9.97 Å². The molecule has 0 unspecified atom stereocenters. The molecule has 7 heteroatoms. The van der Waals surface area contributed by atoms with Crippen LogP contribution in [0.3, 0.4) is 0 Å². The summed E-state index contributed by atoms with van der Waals surface area (Å²) in [4.78, 5) is 35.2. The van der Waals surface area contributed by atoms with Gasteiger partial charge < -0.3 is 0 Å². The van der Waals surface area contributed by atoms with Gasteiger partial charge in [0, 0.05) is 77.7 Å². The predicted molar refractivity (Wildman–Crippen MR) is 448 cm³/mol. The van der Waals surface area contributed by atoms with Gasteiger partial charge >= 0.3 is 0 Å². The molecule has 13 aromatic carbocycles. The van der Waals surface area contributed by atoms with E-state index in [9.17, 15) is 0 Å². The van der Waals surface area contributed by atoms with Crippen molar-refractivity contribution in [1.29, 1.82) is 0 Å². The summed E-state index contributed by atoms with van der Waals surface area (Å²) < 4.78 is 0. The van der Waals surface area contributed by atoms with E-state index in [1.165, 1.54) is 33.0 Å². The summed E-state index contributed by atoms with van der Waals surface area (Å²) >= 11 is 0. The van der Waals surface area contributed by atoms with Gasteiger partial charge in [-0.05, 0) is 140 Å². The third-order valence-corrected chi connectivity index (χ3v) is 20.4. The van der Waals surface area contributed by atoms with Crippen LogP contribution in [0, 0.1) is 0 Å². The topological polar surface area (TPSA) is 90.2 Å². The van der Waals surface area contributed by atoms with Crippen LogP contribution < -0.4 is 0 Å². The summed E-state index contributed by atoms with van der Waals surface area (Å²) in [7, 11) is 0. The number of nitrogens with zero attached hydrogens (tertiary/aromatic N) is 7. The average molecular weight is 1380 g/mol. The van der Waals surface area contributed by atoms with Gasteiger partial charge in [0.25, 0.3) is 0 Å². The van der Waals surface area contributed by atoms with Crippen LogP contribution in [0.25, 0.3) is 200 Å². The second-order valence-corrected chi connectivity index (χ2v) is 27.1. The Labute approximate surface area is 625 Å². The molecule has 7 aromatic heterocycles. The van der Waals surface area contributed by atoms with Gasteiger partial charge in [-0.15, -0.1) is 0 Å². The van der Waals surface area contributed by atoms with Crippen molar-refractivity contribution in [3.8, 4) is 135 Å². The molecule has 20 rings (SSSR count). The molecule has 0 bridgehead atoms. The lowest BCUT2D eigenvalue weighted by atomic mass is 9.92. The molecule has 0 amide bonds. The molecule has 0 aliphatic carbocycles. The Balaban J connectivity index is 0.000000147. The van der Waals surface area contributed by atoms with E-state index < -0.39 is 0 Å². The molecule has 7 nitrogen and oxygen atoms in total. The highest BCUT2D eigenvalue weighted by molar-refractivity contribution is 6.19. The van der Waals surface area contributed by atoms with E-state index in [4.69, 9.17) is 24.9 Å². The summed E-state index contributed by atoms with van der Waals surface area (Å²) in [5.74, 6) is 0.